The van der Waals surface area contributed by atoms with E-state index >= 15 is 0 Å². The predicted molar refractivity (Wildman–Crippen MR) is 81.2 cm³/mol. The van der Waals surface area contributed by atoms with Crippen LogP contribution in [-0.2, 0) is 10.0 Å². The van der Waals surface area contributed by atoms with Crippen molar-refractivity contribution < 1.29 is 8.42 Å². The highest BCUT2D eigenvalue weighted by atomic mass is 79.9. The lowest BCUT2D eigenvalue weighted by atomic mass is 10.1. The first kappa shape index (κ1) is 15.0. The van der Waals surface area contributed by atoms with Crippen molar-refractivity contribution in [3.05, 3.63) is 29.3 Å². The van der Waals surface area contributed by atoms with E-state index in [0.29, 0.717) is 22.2 Å². The maximum absolute atomic E-state index is 12.3. The average molecular weight is 346 g/mol. The van der Waals surface area contributed by atoms with E-state index in [1.54, 1.807) is 6.07 Å². The topological polar surface area (TPSA) is 46.2 Å². The third-order valence-electron chi connectivity index (χ3n) is 3.66. The molecule has 0 aliphatic heterocycles. The summed E-state index contributed by atoms with van der Waals surface area (Å²) >= 11 is 3.59. The summed E-state index contributed by atoms with van der Waals surface area (Å²) in [7, 11) is -3.38. The number of sulfonamides is 1. The highest BCUT2D eigenvalue weighted by molar-refractivity contribution is 9.09. The second-order valence-electron chi connectivity index (χ2n) is 5.40. The van der Waals surface area contributed by atoms with Crippen molar-refractivity contribution in [1.82, 2.24) is 4.72 Å². The van der Waals surface area contributed by atoms with Crippen molar-refractivity contribution in [1.29, 1.82) is 0 Å². The van der Waals surface area contributed by atoms with Crippen LogP contribution >= 0.6 is 15.9 Å². The minimum absolute atomic E-state index is 0.395. The van der Waals surface area contributed by atoms with E-state index in [9.17, 15) is 8.42 Å². The Hall–Kier alpha value is -0.390. The molecule has 1 aliphatic rings. The Morgan fingerprint density at radius 1 is 1.32 bits per heavy atom. The first-order valence-corrected chi connectivity index (χ1v) is 8.99. The summed E-state index contributed by atoms with van der Waals surface area (Å²) < 4.78 is 27.3. The van der Waals surface area contributed by atoms with Crippen LogP contribution in [0.15, 0.2) is 23.1 Å². The predicted octanol–water partition coefficient (Wildman–Crippen LogP) is 3.15. The first-order chi connectivity index (χ1) is 8.88. The van der Waals surface area contributed by atoms with Gasteiger partial charge in [-0.15, -0.1) is 0 Å². The van der Waals surface area contributed by atoms with Crippen LogP contribution in [0.3, 0.4) is 0 Å². The molecule has 0 bridgehead atoms. The van der Waals surface area contributed by atoms with Crippen LogP contribution in [0.25, 0.3) is 0 Å². The SMILES string of the molecule is Cc1ccc(S(=O)(=O)NCC2CCC(Br)C2)c(C)c1. The van der Waals surface area contributed by atoms with Crippen LogP contribution in [0.2, 0.25) is 0 Å². The van der Waals surface area contributed by atoms with Crippen molar-refractivity contribution in [3.63, 3.8) is 0 Å². The normalized spacial score (nSPS) is 23.7. The molecule has 0 amide bonds. The summed E-state index contributed by atoms with van der Waals surface area (Å²) in [6, 6.07) is 5.43. The molecule has 0 heterocycles. The summed E-state index contributed by atoms with van der Waals surface area (Å²) in [5, 5.41) is 0. The number of alkyl halides is 1. The van der Waals surface area contributed by atoms with E-state index in [1.807, 2.05) is 26.0 Å². The van der Waals surface area contributed by atoms with Crippen molar-refractivity contribution in [3.8, 4) is 0 Å². The van der Waals surface area contributed by atoms with Crippen LogP contribution < -0.4 is 4.72 Å². The van der Waals surface area contributed by atoms with Gasteiger partial charge in [-0.1, -0.05) is 33.6 Å². The summed E-state index contributed by atoms with van der Waals surface area (Å²) in [5.41, 5.74) is 1.88. The molecular formula is C14H20BrNO2S. The van der Waals surface area contributed by atoms with Crippen molar-refractivity contribution in [2.75, 3.05) is 6.54 Å². The van der Waals surface area contributed by atoms with Gasteiger partial charge in [-0.25, -0.2) is 13.1 Å². The molecule has 1 aromatic carbocycles. The number of hydrogen-bond acceptors (Lipinski definition) is 2. The lowest BCUT2D eigenvalue weighted by molar-refractivity contribution is 0.520. The van der Waals surface area contributed by atoms with Crippen LogP contribution in [0.1, 0.15) is 30.4 Å². The first-order valence-electron chi connectivity index (χ1n) is 6.59. The zero-order chi connectivity index (χ0) is 14.0. The molecule has 1 saturated carbocycles. The highest BCUT2D eigenvalue weighted by Gasteiger charge is 2.25. The second-order valence-corrected chi connectivity index (χ2v) is 8.43. The Balaban J connectivity index is 2.06. The summed E-state index contributed by atoms with van der Waals surface area (Å²) in [4.78, 5) is 0.939. The number of benzene rings is 1. The minimum atomic E-state index is -3.38. The van der Waals surface area contributed by atoms with Crippen LogP contribution in [0.5, 0.6) is 0 Å². The fraction of sp³-hybridized carbons (Fsp3) is 0.571. The van der Waals surface area contributed by atoms with Gasteiger partial charge in [0.15, 0.2) is 0 Å². The maximum atomic E-state index is 12.3. The second kappa shape index (κ2) is 5.94. The van der Waals surface area contributed by atoms with Gasteiger partial charge in [-0.2, -0.15) is 0 Å². The molecule has 2 unspecified atom stereocenters. The Morgan fingerprint density at radius 2 is 2.05 bits per heavy atom. The zero-order valence-electron chi connectivity index (χ0n) is 11.3. The summed E-state index contributed by atoms with van der Waals surface area (Å²) in [5.74, 6) is 0.449. The molecule has 3 nitrogen and oxygen atoms in total. The van der Waals surface area contributed by atoms with Crippen LogP contribution in [0.4, 0.5) is 0 Å². The molecule has 0 radical (unpaired) electrons. The fourth-order valence-corrected chi connectivity index (χ4v) is 4.74. The minimum Gasteiger partial charge on any atom is -0.211 e. The molecule has 0 spiro atoms. The number of nitrogens with one attached hydrogen (secondary N) is 1. The Kier molecular flexibility index (Phi) is 4.69. The number of hydrogen-bond donors (Lipinski definition) is 1. The van der Waals surface area contributed by atoms with E-state index in [2.05, 4.69) is 20.7 Å². The Bertz CT molecular complexity index is 557. The lowest BCUT2D eigenvalue weighted by Crippen LogP contribution is -2.29. The monoisotopic (exact) mass is 345 g/mol. The number of rotatable bonds is 4. The van der Waals surface area contributed by atoms with E-state index in [0.717, 1.165) is 30.4 Å². The Morgan fingerprint density at radius 3 is 2.63 bits per heavy atom. The quantitative estimate of drug-likeness (QED) is 0.852. The zero-order valence-corrected chi connectivity index (χ0v) is 13.7. The van der Waals surface area contributed by atoms with Crippen molar-refractivity contribution in [2.45, 2.75) is 42.8 Å². The van der Waals surface area contributed by atoms with Gasteiger partial charge in [0.25, 0.3) is 0 Å². The van der Waals surface area contributed by atoms with Gasteiger partial charge in [0.05, 0.1) is 4.90 Å². The average Bonchev–Trinajstić information content (AvgIpc) is 2.72. The smallest absolute Gasteiger partial charge is 0.211 e. The van der Waals surface area contributed by atoms with E-state index < -0.39 is 10.0 Å². The van der Waals surface area contributed by atoms with Crippen molar-refractivity contribution >= 4 is 26.0 Å². The molecule has 0 saturated heterocycles. The molecule has 5 heteroatoms. The van der Waals surface area contributed by atoms with Crippen LogP contribution in [0, 0.1) is 19.8 Å². The van der Waals surface area contributed by atoms with E-state index in [1.165, 1.54) is 0 Å². The largest absolute Gasteiger partial charge is 0.240 e. The highest BCUT2D eigenvalue weighted by Crippen LogP contribution is 2.30. The molecule has 106 valence electrons. The fourth-order valence-electron chi connectivity index (χ4n) is 2.61. The standard InChI is InChI=1S/C14H20BrNO2S/c1-10-3-6-14(11(2)7-10)19(17,18)16-9-12-4-5-13(15)8-12/h3,6-7,12-13,16H,4-5,8-9H2,1-2H3. The molecule has 1 aromatic rings. The van der Waals surface area contributed by atoms with Gasteiger partial charge in [-0.05, 0) is 50.7 Å². The summed E-state index contributed by atoms with van der Waals surface area (Å²) in [6.45, 7) is 4.34. The van der Waals surface area contributed by atoms with Gasteiger partial charge in [0, 0.05) is 11.4 Å². The van der Waals surface area contributed by atoms with E-state index in [-0.39, 0.29) is 0 Å². The van der Waals surface area contributed by atoms with Crippen LogP contribution in [-0.4, -0.2) is 19.8 Å². The van der Waals surface area contributed by atoms with Gasteiger partial charge in [0.1, 0.15) is 0 Å². The summed E-state index contributed by atoms with van der Waals surface area (Å²) in [6.07, 6.45) is 3.27. The number of aryl methyl sites for hydroxylation is 2. The molecule has 2 rings (SSSR count). The van der Waals surface area contributed by atoms with E-state index in [4.69, 9.17) is 0 Å². The van der Waals surface area contributed by atoms with Gasteiger partial charge in [0.2, 0.25) is 10.0 Å². The lowest BCUT2D eigenvalue weighted by Gasteiger charge is -2.13. The molecule has 19 heavy (non-hydrogen) atoms. The Labute approximate surface area is 124 Å². The molecule has 1 aliphatic carbocycles. The molecule has 1 N–H and O–H groups in total. The number of halogens is 1. The third kappa shape index (κ3) is 3.80. The molecule has 0 aromatic heterocycles. The van der Waals surface area contributed by atoms with Gasteiger partial charge >= 0.3 is 0 Å². The maximum Gasteiger partial charge on any atom is 0.240 e. The molecule has 2 atom stereocenters. The molecule has 1 fully saturated rings. The third-order valence-corrected chi connectivity index (χ3v) is 6.07. The molecular weight excluding hydrogens is 326 g/mol. The van der Waals surface area contributed by atoms with Gasteiger partial charge < -0.3 is 0 Å². The van der Waals surface area contributed by atoms with Crippen molar-refractivity contribution in [2.24, 2.45) is 5.92 Å². The van der Waals surface area contributed by atoms with Gasteiger partial charge in [-0.3, -0.25) is 0 Å².